The van der Waals surface area contributed by atoms with Gasteiger partial charge in [0, 0.05) is 11.8 Å². The fourth-order valence-corrected chi connectivity index (χ4v) is 2.75. The van der Waals surface area contributed by atoms with Crippen molar-refractivity contribution in [3.63, 3.8) is 0 Å². The van der Waals surface area contributed by atoms with E-state index in [1.807, 2.05) is 48.5 Å². The van der Waals surface area contributed by atoms with Gasteiger partial charge in [0.05, 0.1) is 4.92 Å². The van der Waals surface area contributed by atoms with Crippen molar-refractivity contribution in [2.45, 2.75) is 6.92 Å². The Balaban J connectivity index is 2.10. The van der Waals surface area contributed by atoms with Crippen LogP contribution in [0.4, 0.5) is 5.69 Å². The summed E-state index contributed by atoms with van der Waals surface area (Å²) in [6.45, 7) is 1.55. The number of hydrogen-bond donors (Lipinski definition) is 0. The van der Waals surface area contributed by atoms with Gasteiger partial charge in [0.25, 0.3) is 5.76 Å². The van der Waals surface area contributed by atoms with Crippen molar-refractivity contribution in [2.75, 3.05) is 0 Å². The van der Waals surface area contributed by atoms with Crippen LogP contribution in [0.2, 0.25) is 0 Å². The standard InChI is InChI=1S/C17H12N4O3/c1-11-15(21(22)23)17(24-19-11)16-14(12-7-3-2-4-8-12)18-13-9-5-6-10-20(13)16/h2-10H,1H3. The van der Waals surface area contributed by atoms with Crippen molar-refractivity contribution in [1.82, 2.24) is 14.5 Å². The van der Waals surface area contributed by atoms with Crippen LogP contribution in [0.15, 0.2) is 59.3 Å². The zero-order valence-corrected chi connectivity index (χ0v) is 12.7. The lowest BCUT2D eigenvalue weighted by Crippen LogP contribution is -1.94. The second kappa shape index (κ2) is 5.31. The molecular weight excluding hydrogens is 308 g/mol. The van der Waals surface area contributed by atoms with Crippen LogP contribution in [0.1, 0.15) is 5.69 Å². The predicted octanol–water partition coefficient (Wildman–Crippen LogP) is 3.87. The molecular formula is C17H12N4O3. The number of hydrogen-bond acceptors (Lipinski definition) is 5. The van der Waals surface area contributed by atoms with Crippen LogP contribution in [0.5, 0.6) is 0 Å². The van der Waals surface area contributed by atoms with E-state index in [1.165, 1.54) is 0 Å². The number of rotatable bonds is 3. The van der Waals surface area contributed by atoms with Crippen LogP contribution in [0, 0.1) is 17.0 Å². The van der Waals surface area contributed by atoms with Crippen LogP contribution in [0.25, 0.3) is 28.4 Å². The molecule has 0 aliphatic heterocycles. The summed E-state index contributed by atoms with van der Waals surface area (Å²) in [4.78, 5) is 15.6. The van der Waals surface area contributed by atoms with E-state index >= 15 is 0 Å². The third-order valence-corrected chi connectivity index (χ3v) is 3.81. The van der Waals surface area contributed by atoms with E-state index in [1.54, 1.807) is 17.5 Å². The van der Waals surface area contributed by atoms with Crippen LogP contribution in [0.3, 0.4) is 0 Å². The maximum absolute atomic E-state index is 11.5. The normalized spacial score (nSPS) is 11.0. The SMILES string of the molecule is Cc1noc(-c2c(-c3ccccc3)nc3ccccn23)c1[N+](=O)[O-]. The zero-order chi connectivity index (χ0) is 16.7. The lowest BCUT2D eigenvalue weighted by Gasteiger charge is -2.01. The first-order valence-electron chi connectivity index (χ1n) is 7.30. The van der Waals surface area contributed by atoms with Gasteiger partial charge in [-0.25, -0.2) is 4.98 Å². The van der Waals surface area contributed by atoms with Gasteiger partial charge >= 0.3 is 5.69 Å². The van der Waals surface area contributed by atoms with E-state index in [4.69, 9.17) is 4.52 Å². The van der Waals surface area contributed by atoms with Gasteiger partial charge in [-0.3, -0.25) is 14.5 Å². The molecule has 4 aromatic rings. The predicted molar refractivity (Wildman–Crippen MR) is 87.5 cm³/mol. The number of nitrogens with zero attached hydrogens (tertiary/aromatic N) is 4. The Hall–Kier alpha value is -3.48. The number of aryl methyl sites for hydroxylation is 1. The van der Waals surface area contributed by atoms with Crippen molar-refractivity contribution < 1.29 is 9.45 Å². The Morgan fingerprint density at radius 3 is 2.62 bits per heavy atom. The molecule has 1 aromatic carbocycles. The monoisotopic (exact) mass is 320 g/mol. The van der Waals surface area contributed by atoms with Gasteiger partial charge in [0.15, 0.2) is 5.69 Å². The third-order valence-electron chi connectivity index (χ3n) is 3.81. The number of pyridine rings is 1. The van der Waals surface area contributed by atoms with Gasteiger partial charge in [0.2, 0.25) is 0 Å². The number of nitro groups is 1. The zero-order valence-electron chi connectivity index (χ0n) is 12.7. The first-order valence-corrected chi connectivity index (χ1v) is 7.30. The molecule has 7 nitrogen and oxygen atoms in total. The lowest BCUT2D eigenvalue weighted by atomic mass is 10.1. The smallest absolute Gasteiger partial charge is 0.340 e. The average Bonchev–Trinajstić information content (AvgIpc) is 3.15. The molecule has 0 N–H and O–H groups in total. The van der Waals surface area contributed by atoms with Gasteiger partial charge in [0.1, 0.15) is 17.0 Å². The summed E-state index contributed by atoms with van der Waals surface area (Å²) >= 11 is 0. The summed E-state index contributed by atoms with van der Waals surface area (Å²) in [5, 5.41) is 15.2. The minimum atomic E-state index is -0.474. The number of benzene rings is 1. The van der Waals surface area contributed by atoms with Crippen molar-refractivity contribution in [2.24, 2.45) is 0 Å². The molecule has 0 aliphatic carbocycles. The molecule has 0 saturated heterocycles. The first-order chi connectivity index (χ1) is 11.7. The maximum Gasteiger partial charge on any atom is 0.340 e. The molecule has 24 heavy (non-hydrogen) atoms. The maximum atomic E-state index is 11.5. The summed E-state index contributed by atoms with van der Waals surface area (Å²) in [5.41, 5.74) is 2.75. The van der Waals surface area contributed by atoms with Gasteiger partial charge in [-0.1, -0.05) is 41.6 Å². The summed E-state index contributed by atoms with van der Waals surface area (Å²) in [5.74, 6) is 0.107. The van der Waals surface area contributed by atoms with Gasteiger partial charge < -0.3 is 4.52 Å². The van der Waals surface area contributed by atoms with E-state index in [9.17, 15) is 10.1 Å². The Labute approximate surface area is 136 Å². The molecule has 0 amide bonds. The molecule has 7 heteroatoms. The second-order valence-electron chi connectivity index (χ2n) is 5.31. The van der Waals surface area contributed by atoms with E-state index < -0.39 is 4.92 Å². The fraction of sp³-hybridized carbons (Fsp3) is 0.0588. The van der Waals surface area contributed by atoms with Gasteiger partial charge in [-0.15, -0.1) is 0 Å². The van der Waals surface area contributed by atoms with Crippen molar-refractivity contribution in [3.05, 3.63) is 70.5 Å². The second-order valence-corrected chi connectivity index (χ2v) is 5.31. The topological polar surface area (TPSA) is 86.5 Å². The molecule has 0 atom stereocenters. The quantitative estimate of drug-likeness (QED) is 0.422. The van der Waals surface area contributed by atoms with Crippen molar-refractivity contribution >= 4 is 11.3 Å². The summed E-state index contributed by atoms with van der Waals surface area (Å²) in [7, 11) is 0. The van der Waals surface area contributed by atoms with Crippen LogP contribution < -0.4 is 0 Å². The number of imidazole rings is 1. The molecule has 0 spiro atoms. The van der Waals surface area contributed by atoms with E-state index in [-0.39, 0.29) is 17.1 Å². The van der Waals surface area contributed by atoms with Crippen molar-refractivity contribution in [3.8, 4) is 22.7 Å². The lowest BCUT2D eigenvalue weighted by molar-refractivity contribution is -0.385. The molecule has 3 aromatic heterocycles. The third kappa shape index (κ3) is 2.06. The highest BCUT2D eigenvalue weighted by Crippen LogP contribution is 2.38. The summed E-state index contributed by atoms with van der Waals surface area (Å²) < 4.78 is 7.09. The minimum absolute atomic E-state index is 0.107. The Morgan fingerprint density at radius 1 is 1.12 bits per heavy atom. The number of fused-ring (bicyclic) bond motifs is 1. The largest absolute Gasteiger partial charge is 0.347 e. The first kappa shape index (κ1) is 14.1. The molecule has 0 saturated carbocycles. The Kier molecular flexibility index (Phi) is 3.13. The van der Waals surface area contributed by atoms with Gasteiger partial charge in [-0.2, -0.15) is 0 Å². The highest BCUT2D eigenvalue weighted by Gasteiger charge is 2.30. The van der Waals surface area contributed by atoms with Crippen molar-refractivity contribution in [1.29, 1.82) is 0 Å². The molecule has 0 unspecified atom stereocenters. The average molecular weight is 320 g/mol. The van der Waals surface area contributed by atoms with Crippen LogP contribution in [-0.4, -0.2) is 19.5 Å². The van der Waals surface area contributed by atoms with Crippen LogP contribution >= 0.6 is 0 Å². The van der Waals surface area contributed by atoms with E-state index in [0.717, 1.165) is 5.56 Å². The molecule has 0 aliphatic rings. The Morgan fingerprint density at radius 2 is 1.88 bits per heavy atom. The molecule has 0 radical (unpaired) electrons. The van der Waals surface area contributed by atoms with E-state index in [0.29, 0.717) is 17.0 Å². The minimum Gasteiger partial charge on any atom is -0.347 e. The van der Waals surface area contributed by atoms with Gasteiger partial charge in [-0.05, 0) is 19.1 Å². The fourth-order valence-electron chi connectivity index (χ4n) is 2.75. The highest BCUT2D eigenvalue weighted by atomic mass is 16.6. The van der Waals surface area contributed by atoms with E-state index in [2.05, 4.69) is 10.1 Å². The summed E-state index contributed by atoms with van der Waals surface area (Å²) in [6.07, 6.45) is 1.80. The molecule has 0 fully saturated rings. The molecule has 3 heterocycles. The molecule has 118 valence electrons. The van der Waals surface area contributed by atoms with Crippen LogP contribution in [-0.2, 0) is 0 Å². The summed E-state index contributed by atoms with van der Waals surface area (Å²) in [6, 6.07) is 15.0. The highest BCUT2D eigenvalue weighted by molar-refractivity contribution is 5.83. The number of aromatic nitrogens is 3. The molecule has 4 rings (SSSR count). The molecule has 0 bridgehead atoms. The Bertz CT molecular complexity index is 1050.